The van der Waals surface area contributed by atoms with Crippen molar-refractivity contribution in [2.45, 2.75) is 48.8 Å². The molecular weight excluding hydrogens is 399 g/mol. The van der Waals surface area contributed by atoms with Crippen molar-refractivity contribution < 1.29 is 22.7 Å². The Bertz CT molecular complexity index is 857. The van der Waals surface area contributed by atoms with E-state index in [4.69, 9.17) is 4.74 Å². The van der Waals surface area contributed by atoms with E-state index in [9.17, 15) is 18.0 Å². The first kappa shape index (κ1) is 21.7. The van der Waals surface area contributed by atoms with Crippen molar-refractivity contribution in [3.8, 4) is 5.75 Å². The molecule has 2 unspecified atom stereocenters. The third kappa shape index (κ3) is 5.34. The zero-order chi connectivity index (χ0) is 21.1. The molecule has 0 saturated carbocycles. The highest BCUT2D eigenvalue weighted by Gasteiger charge is 2.46. The van der Waals surface area contributed by atoms with E-state index in [1.54, 1.807) is 14.0 Å². The molecule has 1 aliphatic rings. The smallest absolute Gasteiger partial charge is 0.390 e. The van der Waals surface area contributed by atoms with Crippen LogP contribution in [-0.4, -0.2) is 30.4 Å². The summed E-state index contributed by atoms with van der Waals surface area (Å²) in [6, 6.07) is 14.5. The van der Waals surface area contributed by atoms with Crippen molar-refractivity contribution >= 4 is 17.5 Å². The molecule has 0 aliphatic carbocycles. The molecule has 1 heterocycles. The number of hydrogen-bond donors (Lipinski definition) is 1. The van der Waals surface area contributed by atoms with E-state index >= 15 is 0 Å². The second kappa shape index (κ2) is 8.79. The first-order valence-electron chi connectivity index (χ1n) is 9.47. The molecule has 1 aliphatic heterocycles. The van der Waals surface area contributed by atoms with Gasteiger partial charge in [-0.05, 0) is 23.3 Å². The molecule has 0 saturated heterocycles. The van der Waals surface area contributed by atoms with Crippen LogP contribution in [0.25, 0.3) is 0 Å². The van der Waals surface area contributed by atoms with Gasteiger partial charge < -0.3 is 4.74 Å². The summed E-state index contributed by atoms with van der Waals surface area (Å²) in [6.45, 7) is 1.68. The Hall–Kier alpha value is -1.99. The molecule has 0 amide bonds. The first-order chi connectivity index (χ1) is 13.8. The maximum atomic E-state index is 13.6. The van der Waals surface area contributed by atoms with E-state index in [2.05, 4.69) is 5.32 Å². The minimum atomic E-state index is -4.39. The minimum Gasteiger partial charge on any atom is -0.497 e. The van der Waals surface area contributed by atoms with E-state index in [0.717, 1.165) is 16.0 Å². The second-order valence-electron chi connectivity index (χ2n) is 7.32. The van der Waals surface area contributed by atoms with E-state index in [1.165, 1.54) is 11.8 Å². The summed E-state index contributed by atoms with van der Waals surface area (Å²) in [4.78, 5) is 13.1. The van der Waals surface area contributed by atoms with Crippen LogP contribution in [0.15, 0.2) is 53.4 Å². The topological polar surface area (TPSA) is 38.3 Å². The van der Waals surface area contributed by atoms with Gasteiger partial charge in [-0.2, -0.15) is 13.2 Å². The number of nitrogens with one attached hydrogen (secondary N) is 1. The number of hydrogen-bond acceptors (Lipinski definition) is 4. The lowest BCUT2D eigenvalue weighted by atomic mass is 9.86. The maximum Gasteiger partial charge on any atom is 0.390 e. The number of ether oxygens (including phenoxy) is 1. The number of thioether (sulfide) groups is 1. The van der Waals surface area contributed by atoms with Crippen molar-refractivity contribution in [3.05, 3.63) is 59.7 Å². The summed E-state index contributed by atoms with van der Waals surface area (Å²) in [5.41, 5.74) is 0.356. The average Bonchev–Trinajstić information content (AvgIpc) is 2.84. The van der Waals surface area contributed by atoms with Crippen molar-refractivity contribution in [2.75, 3.05) is 12.9 Å². The van der Waals surface area contributed by atoms with Crippen LogP contribution >= 0.6 is 11.8 Å². The van der Waals surface area contributed by atoms with Crippen molar-refractivity contribution in [1.82, 2.24) is 5.32 Å². The second-order valence-corrected chi connectivity index (χ2v) is 8.34. The molecule has 0 bridgehead atoms. The Labute approximate surface area is 173 Å². The highest BCUT2D eigenvalue weighted by molar-refractivity contribution is 7.99. The fourth-order valence-corrected chi connectivity index (χ4v) is 4.98. The molecular formula is C22H24F3NO2S. The number of halogens is 3. The van der Waals surface area contributed by atoms with Crippen LogP contribution in [0, 0.1) is 0 Å². The molecule has 0 aromatic heterocycles. The number of rotatable bonds is 6. The predicted molar refractivity (Wildman–Crippen MR) is 108 cm³/mol. The van der Waals surface area contributed by atoms with Crippen LogP contribution in [0.1, 0.15) is 43.4 Å². The SMILES string of the molecule is CCC(=O)CC1(CC(F)(F)F)CSc2cc(OC)ccc2C(c2ccccc2)N1. The summed E-state index contributed by atoms with van der Waals surface area (Å²) in [5, 5.41) is 3.26. The molecule has 2 aromatic rings. The van der Waals surface area contributed by atoms with Crippen LogP contribution in [0.3, 0.4) is 0 Å². The highest BCUT2D eigenvalue weighted by Crippen LogP contribution is 2.44. The molecule has 0 spiro atoms. The van der Waals surface area contributed by atoms with E-state index in [-0.39, 0.29) is 24.4 Å². The van der Waals surface area contributed by atoms with Crippen LogP contribution in [0.5, 0.6) is 5.75 Å². The monoisotopic (exact) mass is 423 g/mol. The summed E-state index contributed by atoms with van der Waals surface area (Å²) in [5.74, 6) is 0.607. The molecule has 0 radical (unpaired) electrons. The van der Waals surface area contributed by atoms with Gasteiger partial charge in [-0.1, -0.05) is 43.3 Å². The van der Waals surface area contributed by atoms with Gasteiger partial charge in [0, 0.05) is 29.0 Å². The third-order valence-corrected chi connectivity index (χ3v) is 6.45. The number of methoxy groups -OCH3 is 1. The molecule has 2 atom stereocenters. The summed E-state index contributed by atoms with van der Waals surface area (Å²) in [7, 11) is 1.56. The molecule has 3 rings (SSSR count). The lowest BCUT2D eigenvalue weighted by Crippen LogP contribution is -2.52. The molecule has 3 nitrogen and oxygen atoms in total. The Morgan fingerprint density at radius 3 is 2.59 bits per heavy atom. The van der Waals surface area contributed by atoms with Gasteiger partial charge in [0.1, 0.15) is 11.5 Å². The van der Waals surface area contributed by atoms with Crippen molar-refractivity contribution in [3.63, 3.8) is 0 Å². The number of ketones is 1. The van der Waals surface area contributed by atoms with E-state index in [1.807, 2.05) is 48.5 Å². The van der Waals surface area contributed by atoms with Crippen molar-refractivity contribution in [1.29, 1.82) is 0 Å². The number of benzene rings is 2. The number of fused-ring (bicyclic) bond motifs is 1. The summed E-state index contributed by atoms with van der Waals surface area (Å²) in [6.07, 6.45) is -5.41. The Kier molecular flexibility index (Phi) is 6.58. The Morgan fingerprint density at radius 1 is 1.24 bits per heavy atom. The van der Waals surface area contributed by atoms with Gasteiger partial charge >= 0.3 is 6.18 Å². The van der Waals surface area contributed by atoms with Crippen molar-refractivity contribution in [2.24, 2.45) is 0 Å². The fourth-order valence-electron chi connectivity index (χ4n) is 3.71. The number of carbonyl (C=O) groups excluding carboxylic acids is 1. The zero-order valence-corrected chi connectivity index (χ0v) is 17.2. The number of alkyl halides is 3. The predicted octanol–water partition coefficient (Wildman–Crippen LogP) is 5.54. The standard InChI is InChI=1S/C22H24F3NO2S/c1-3-16(27)12-21(13-22(23,24)25)14-29-19-11-17(28-2)9-10-18(19)20(26-21)15-7-5-4-6-8-15/h4-11,20,26H,3,12-14H2,1-2H3. The summed E-state index contributed by atoms with van der Waals surface area (Å²) < 4.78 is 46.0. The zero-order valence-electron chi connectivity index (χ0n) is 16.4. The highest BCUT2D eigenvalue weighted by atomic mass is 32.2. The van der Waals surface area contributed by atoms with Crippen LogP contribution in [0.4, 0.5) is 13.2 Å². The van der Waals surface area contributed by atoms with Gasteiger partial charge in [0.15, 0.2) is 0 Å². The van der Waals surface area contributed by atoms with Crippen LogP contribution in [-0.2, 0) is 4.79 Å². The number of Topliss-reactive ketones (excluding diaryl/α,β-unsaturated/α-hetero) is 1. The lowest BCUT2D eigenvalue weighted by molar-refractivity contribution is -0.151. The van der Waals surface area contributed by atoms with Crippen LogP contribution < -0.4 is 10.1 Å². The normalized spacial score (nSPS) is 21.9. The quantitative estimate of drug-likeness (QED) is 0.662. The molecule has 156 valence electrons. The largest absolute Gasteiger partial charge is 0.497 e. The minimum absolute atomic E-state index is 0.141. The average molecular weight is 424 g/mol. The van der Waals surface area contributed by atoms with E-state index in [0.29, 0.717) is 5.75 Å². The van der Waals surface area contributed by atoms with Crippen LogP contribution in [0.2, 0.25) is 0 Å². The fraction of sp³-hybridized carbons (Fsp3) is 0.409. The molecule has 7 heteroatoms. The van der Waals surface area contributed by atoms with Gasteiger partial charge in [0.2, 0.25) is 0 Å². The van der Waals surface area contributed by atoms with E-state index < -0.39 is 24.2 Å². The molecule has 29 heavy (non-hydrogen) atoms. The maximum absolute atomic E-state index is 13.6. The molecule has 1 N–H and O–H groups in total. The van der Waals surface area contributed by atoms with Gasteiger partial charge in [0.25, 0.3) is 0 Å². The molecule has 0 fully saturated rings. The van der Waals surface area contributed by atoms with Gasteiger partial charge in [-0.25, -0.2) is 0 Å². The van der Waals surface area contributed by atoms with Gasteiger partial charge in [-0.3, -0.25) is 10.1 Å². The first-order valence-corrected chi connectivity index (χ1v) is 10.5. The van der Waals surface area contributed by atoms with Gasteiger partial charge in [0.05, 0.1) is 19.6 Å². The van der Waals surface area contributed by atoms with Gasteiger partial charge in [-0.15, -0.1) is 11.8 Å². The molecule has 2 aromatic carbocycles. The third-order valence-electron chi connectivity index (χ3n) is 5.09. The summed E-state index contributed by atoms with van der Waals surface area (Å²) >= 11 is 1.34. The Morgan fingerprint density at radius 2 is 1.97 bits per heavy atom. The lowest BCUT2D eigenvalue weighted by Gasteiger charge is -2.37. The number of carbonyl (C=O) groups is 1. The Balaban J connectivity index is 2.10.